The average molecular weight is 444 g/mol. The van der Waals surface area contributed by atoms with Crippen molar-refractivity contribution in [1.29, 1.82) is 0 Å². The SMILES string of the molecule is CC(OP(=O)(N1CC1)N1CC1)c1ccc([N+](=O)[O-])c(Cc2nc3ccccc3s2)c1. The second-order valence-electron chi connectivity index (χ2n) is 7.54. The van der Waals surface area contributed by atoms with Gasteiger partial charge in [-0.05, 0) is 36.8 Å². The van der Waals surface area contributed by atoms with Crippen LogP contribution in [0.4, 0.5) is 5.69 Å². The molecule has 0 spiro atoms. The van der Waals surface area contributed by atoms with E-state index in [-0.39, 0.29) is 10.6 Å². The molecule has 5 rings (SSSR count). The second kappa shape index (κ2) is 7.51. The number of hydrogen-bond acceptors (Lipinski definition) is 6. The Morgan fingerprint density at radius 2 is 1.90 bits per heavy atom. The maximum atomic E-state index is 13.3. The van der Waals surface area contributed by atoms with Crippen molar-refractivity contribution in [2.45, 2.75) is 19.4 Å². The highest BCUT2D eigenvalue weighted by Gasteiger charge is 2.50. The third-order valence-electron chi connectivity index (χ3n) is 5.31. The van der Waals surface area contributed by atoms with E-state index in [4.69, 9.17) is 4.52 Å². The molecule has 10 heteroatoms. The molecule has 0 amide bonds. The largest absolute Gasteiger partial charge is 0.346 e. The van der Waals surface area contributed by atoms with Crippen LogP contribution < -0.4 is 0 Å². The van der Waals surface area contributed by atoms with Crippen molar-refractivity contribution in [3.63, 3.8) is 0 Å². The predicted molar refractivity (Wildman–Crippen MR) is 116 cm³/mol. The zero-order chi connectivity index (χ0) is 20.9. The van der Waals surface area contributed by atoms with Crippen LogP contribution in [0.15, 0.2) is 42.5 Å². The van der Waals surface area contributed by atoms with Crippen molar-refractivity contribution in [2.24, 2.45) is 0 Å². The molecule has 0 saturated carbocycles. The number of nitro benzene ring substituents is 1. The summed E-state index contributed by atoms with van der Waals surface area (Å²) in [6, 6.07) is 12.8. The summed E-state index contributed by atoms with van der Waals surface area (Å²) in [6.45, 7) is 4.97. The molecule has 2 fully saturated rings. The maximum Gasteiger partial charge on any atom is 0.346 e. The molecule has 0 radical (unpaired) electrons. The summed E-state index contributed by atoms with van der Waals surface area (Å²) >= 11 is 1.54. The molecule has 3 heterocycles. The quantitative estimate of drug-likeness (QED) is 0.217. The Hall–Kier alpha value is -2.16. The van der Waals surface area contributed by atoms with E-state index in [9.17, 15) is 14.7 Å². The zero-order valence-electron chi connectivity index (χ0n) is 16.4. The molecule has 2 aliphatic heterocycles. The summed E-state index contributed by atoms with van der Waals surface area (Å²) in [4.78, 5) is 15.8. The second-order valence-corrected chi connectivity index (χ2v) is 11.0. The lowest BCUT2D eigenvalue weighted by Gasteiger charge is -2.24. The van der Waals surface area contributed by atoms with Gasteiger partial charge in [0, 0.05) is 44.2 Å². The summed E-state index contributed by atoms with van der Waals surface area (Å²) < 4.78 is 24.1. The highest BCUT2D eigenvalue weighted by atomic mass is 32.1. The molecule has 0 bridgehead atoms. The van der Waals surface area contributed by atoms with Gasteiger partial charge in [-0.3, -0.25) is 19.2 Å². The van der Waals surface area contributed by atoms with Gasteiger partial charge in [-0.15, -0.1) is 11.3 Å². The van der Waals surface area contributed by atoms with Crippen LogP contribution in [-0.4, -0.2) is 45.4 Å². The number of thiazole rings is 1. The van der Waals surface area contributed by atoms with Gasteiger partial charge in [0.2, 0.25) is 0 Å². The molecule has 3 aromatic rings. The minimum atomic E-state index is -2.97. The maximum absolute atomic E-state index is 13.3. The van der Waals surface area contributed by atoms with Crippen molar-refractivity contribution in [2.75, 3.05) is 26.2 Å². The summed E-state index contributed by atoms with van der Waals surface area (Å²) in [7, 11) is -2.97. The molecule has 2 aliphatic rings. The number of nitro groups is 1. The molecular weight excluding hydrogens is 423 g/mol. The van der Waals surface area contributed by atoms with E-state index >= 15 is 0 Å². The van der Waals surface area contributed by atoms with Crippen molar-refractivity contribution < 1.29 is 14.0 Å². The Labute approximate surface area is 177 Å². The van der Waals surface area contributed by atoms with Gasteiger partial charge in [-0.25, -0.2) is 14.3 Å². The van der Waals surface area contributed by atoms with Crippen LogP contribution in [-0.2, 0) is 15.5 Å². The number of para-hydroxylation sites is 1. The first-order valence-electron chi connectivity index (χ1n) is 9.85. The zero-order valence-corrected chi connectivity index (χ0v) is 18.1. The van der Waals surface area contributed by atoms with Crippen molar-refractivity contribution in [1.82, 2.24) is 14.3 Å². The van der Waals surface area contributed by atoms with Gasteiger partial charge in [0.05, 0.1) is 26.3 Å². The van der Waals surface area contributed by atoms with E-state index in [2.05, 4.69) is 4.98 Å². The monoisotopic (exact) mass is 444 g/mol. The fourth-order valence-corrected chi connectivity index (χ4v) is 6.85. The number of benzene rings is 2. The molecule has 2 aromatic carbocycles. The first kappa shape index (κ1) is 19.8. The molecular formula is C20H21N4O4PS. The van der Waals surface area contributed by atoms with Crippen LogP contribution in [0.1, 0.15) is 29.2 Å². The molecule has 8 nitrogen and oxygen atoms in total. The third kappa shape index (κ3) is 3.79. The van der Waals surface area contributed by atoms with E-state index in [1.165, 1.54) is 17.4 Å². The van der Waals surface area contributed by atoms with E-state index in [0.29, 0.717) is 12.0 Å². The number of rotatable bonds is 8. The van der Waals surface area contributed by atoms with Crippen molar-refractivity contribution >= 4 is 34.9 Å². The molecule has 1 unspecified atom stereocenters. The standard InChI is InChI=1S/C20H21N4O4PS/c1-14(28-29(27,22-8-9-22)23-10-11-23)15-6-7-18(24(25)26)16(12-15)13-20-21-17-4-2-3-5-19(17)30-20/h2-7,12,14H,8-11,13H2,1H3. The molecule has 2 saturated heterocycles. The van der Waals surface area contributed by atoms with Gasteiger partial charge >= 0.3 is 7.67 Å². The highest BCUT2D eigenvalue weighted by Crippen LogP contribution is 2.63. The van der Waals surface area contributed by atoms with Gasteiger partial charge in [-0.2, -0.15) is 0 Å². The molecule has 1 atom stereocenters. The van der Waals surface area contributed by atoms with Gasteiger partial charge in [0.25, 0.3) is 5.69 Å². The van der Waals surface area contributed by atoms with Crippen molar-refractivity contribution in [3.05, 3.63) is 68.7 Å². The number of nitrogens with zero attached hydrogens (tertiary/aromatic N) is 4. The number of fused-ring (bicyclic) bond motifs is 1. The van der Waals surface area contributed by atoms with E-state index in [0.717, 1.165) is 47.0 Å². The summed E-state index contributed by atoms with van der Waals surface area (Å²) in [5.74, 6) is 0. The van der Waals surface area contributed by atoms with Crippen LogP contribution in [0, 0.1) is 10.1 Å². The fraction of sp³-hybridized carbons (Fsp3) is 0.350. The first-order valence-corrected chi connectivity index (χ1v) is 12.2. The summed E-state index contributed by atoms with van der Waals surface area (Å²) in [5, 5.41) is 12.4. The number of aromatic nitrogens is 1. The summed E-state index contributed by atoms with van der Waals surface area (Å²) in [5.41, 5.74) is 2.32. The van der Waals surface area contributed by atoms with E-state index in [1.54, 1.807) is 12.1 Å². The van der Waals surface area contributed by atoms with Gasteiger partial charge in [-0.1, -0.05) is 12.1 Å². The highest BCUT2D eigenvalue weighted by molar-refractivity contribution is 7.54. The Balaban J connectivity index is 1.43. The smallest absolute Gasteiger partial charge is 0.298 e. The topological polar surface area (TPSA) is 88.3 Å². The van der Waals surface area contributed by atoms with Crippen LogP contribution in [0.25, 0.3) is 10.2 Å². The number of hydrogen-bond donors (Lipinski definition) is 0. The lowest BCUT2D eigenvalue weighted by atomic mass is 10.0. The minimum Gasteiger partial charge on any atom is -0.298 e. The van der Waals surface area contributed by atoms with Gasteiger partial charge < -0.3 is 0 Å². The van der Waals surface area contributed by atoms with Crippen molar-refractivity contribution in [3.8, 4) is 0 Å². The molecule has 1 aromatic heterocycles. The normalized spacial score (nSPS) is 17.9. The summed E-state index contributed by atoms with van der Waals surface area (Å²) in [6.07, 6.45) is -0.0708. The Kier molecular flexibility index (Phi) is 4.95. The third-order valence-corrected chi connectivity index (χ3v) is 9.16. The Morgan fingerprint density at radius 1 is 1.20 bits per heavy atom. The molecule has 30 heavy (non-hydrogen) atoms. The first-order chi connectivity index (χ1) is 14.4. The Morgan fingerprint density at radius 3 is 2.53 bits per heavy atom. The van der Waals surface area contributed by atoms with Gasteiger partial charge in [0.15, 0.2) is 0 Å². The molecule has 0 aliphatic carbocycles. The Bertz CT molecular complexity index is 1130. The predicted octanol–water partition coefficient (Wildman–Crippen LogP) is 4.61. The van der Waals surface area contributed by atoms with E-state index < -0.39 is 13.8 Å². The fourth-order valence-electron chi connectivity index (χ4n) is 3.51. The van der Waals surface area contributed by atoms with E-state index in [1.807, 2.05) is 40.5 Å². The van der Waals surface area contributed by atoms with Gasteiger partial charge in [0.1, 0.15) is 0 Å². The van der Waals surface area contributed by atoms with Crippen LogP contribution >= 0.6 is 19.0 Å². The lowest BCUT2D eigenvalue weighted by Crippen LogP contribution is -2.11. The van der Waals surface area contributed by atoms with Crippen LogP contribution in [0.2, 0.25) is 0 Å². The van der Waals surface area contributed by atoms with Crippen LogP contribution in [0.5, 0.6) is 0 Å². The lowest BCUT2D eigenvalue weighted by molar-refractivity contribution is -0.385. The molecule has 156 valence electrons. The minimum absolute atomic E-state index is 0.0604. The van der Waals surface area contributed by atoms with Crippen LogP contribution in [0.3, 0.4) is 0 Å². The molecule has 0 N–H and O–H groups in total. The average Bonchev–Trinajstić information content (AvgIpc) is 3.62.